The van der Waals surface area contributed by atoms with Crippen LogP contribution in [0.2, 0.25) is 0 Å². The van der Waals surface area contributed by atoms with Crippen LogP contribution >= 0.6 is 0 Å². The van der Waals surface area contributed by atoms with E-state index in [1.807, 2.05) is 13.8 Å². The van der Waals surface area contributed by atoms with Gasteiger partial charge in [-0.05, 0) is 74.7 Å². The van der Waals surface area contributed by atoms with E-state index in [4.69, 9.17) is 62.6 Å². The van der Waals surface area contributed by atoms with Crippen LogP contribution < -0.4 is 5.73 Å². The highest BCUT2D eigenvalue weighted by Crippen LogP contribution is 2.38. The standard InChI is InChI=1S/C31H61NO14/c1-11-23-43-30(41-19-9,28(35-13-3,36-14-4)37-15-5)45-26(33)22-21-25(32)27(34)46-31(42-20-10,44-24-12-2)29(38-16-6,39-17-7)40-18-8/h25H,11-24,32H2,1-10H3. The van der Waals surface area contributed by atoms with Gasteiger partial charge in [-0.25, -0.2) is 0 Å². The summed E-state index contributed by atoms with van der Waals surface area (Å²) in [6, 6.07) is -1.34. The molecular formula is C31H61NO14. The molecule has 0 bridgehead atoms. The van der Waals surface area contributed by atoms with Crippen LogP contribution in [0, 0.1) is 0 Å². The quantitative estimate of drug-likeness (QED) is 0.0859. The van der Waals surface area contributed by atoms with Crippen molar-refractivity contribution >= 4 is 11.9 Å². The Morgan fingerprint density at radius 2 is 0.783 bits per heavy atom. The van der Waals surface area contributed by atoms with Gasteiger partial charge in [-0.15, -0.1) is 0 Å². The molecule has 15 nitrogen and oxygen atoms in total. The molecule has 0 saturated carbocycles. The summed E-state index contributed by atoms with van der Waals surface area (Å²) < 4.78 is 70.4. The van der Waals surface area contributed by atoms with Crippen LogP contribution in [0.5, 0.6) is 0 Å². The summed E-state index contributed by atoms with van der Waals surface area (Å²) in [7, 11) is 0. The fourth-order valence-electron chi connectivity index (χ4n) is 4.25. The summed E-state index contributed by atoms with van der Waals surface area (Å²) in [5.74, 6) is -10.4. The van der Waals surface area contributed by atoms with Crippen molar-refractivity contribution < 1.29 is 66.4 Å². The van der Waals surface area contributed by atoms with Gasteiger partial charge in [-0.3, -0.25) is 9.59 Å². The van der Waals surface area contributed by atoms with E-state index in [-0.39, 0.29) is 78.9 Å². The van der Waals surface area contributed by atoms with Crippen molar-refractivity contribution in [3.63, 3.8) is 0 Å². The number of nitrogens with two attached hydrogens (primary N) is 1. The molecule has 0 fully saturated rings. The molecule has 0 aliphatic carbocycles. The van der Waals surface area contributed by atoms with E-state index < -0.39 is 41.9 Å². The van der Waals surface area contributed by atoms with Crippen LogP contribution in [-0.4, -0.2) is 108 Å². The zero-order valence-corrected chi connectivity index (χ0v) is 29.8. The maximum absolute atomic E-state index is 13.5. The fourth-order valence-corrected chi connectivity index (χ4v) is 4.25. The molecule has 0 radical (unpaired) electrons. The Balaban J connectivity index is 6.33. The third kappa shape index (κ3) is 12.2. The van der Waals surface area contributed by atoms with Gasteiger partial charge in [-0.1, -0.05) is 13.8 Å². The smallest absolute Gasteiger partial charge is 0.401 e. The van der Waals surface area contributed by atoms with Crippen LogP contribution in [0.3, 0.4) is 0 Å². The predicted molar refractivity (Wildman–Crippen MR) is 166 cm³/mol. The Morgan fingerprint density at radius 3 is 1.09 bits per heavy atom. The van der Waals surface area contributed by atoms with Crippen molar-refractivity contribution in [2.45, 2.75) is 125 Å². The lowest BCUT2D eigenvalue weighted by atomic mass is 10.1. The molecule has 0 saturated heterocycles. The first-order valence-corrected chi connectivity index (χ1v) is 16.6. The molecule has 46 heavy (non-hydrogen) atoms. The number of rotatable bonds is 30. The second-order valence-corrected chi connectivity index (χ2v) is 9.43. The van der Waals surface area contributed by atoms with E-state index in [0.29, 0.717) is 12.8 Å². The normalized spacial score (nSPS) is 15.6. The van der Waals surface area contributed by atoms with Gasteiger partial charge in [-0.2, -0.15) is 0 Å². The second kappa shape index (κ2) is 23.8. The molecule has 2 N–H and O–H groups in total. The van der Waals surface area contributed by atoms with Gasteiger partial charge >= 0.3 is 35.8 Å². The predicted octanol–water partition coefficient (Wildman–Crippen LogP) is 3.94. The lowest BCUT2D eigenvalue weighted by molar-refractivity contribution is -0.550. The molecule has 0 heterocycles. The summed E-state index contributed by atoms with van der Waals surface area (Å²) in [4.78, 5) is 26.8. The number of carbonyl (C=O) groups excluding carboxylic acids is 2. The molecule has 0 aromatic rings. The molecule has 0 aliphatic heterocycles. The van der Waals surface area contributed by atoms with Crippen LogP contribution in [0.25, 0.3) is 0 Å². The zero-order valence-electron chi connectivity index (χ0n) is 29.8. The largest absolute Gasteiger partial charge is 0.416 e. The monoisotopic (exact) mass is 671 g/mol. The Bertz CT molecular complexity index is 784. The van der Waals surface area contributed by atoms with Crippen LogP contribution in [0.1, 0.15) is 94.9 Å². The molecule has 3 unspecified atom stereocenters. The molecule has 274 valence electrons. The zero-order chi connectivity index (χ0) is 35.1. The molecule has 0 rings (SSSR count). The van der Waals surface area contributed by atoms with Crippen molar-refractivity contribution in [2.24, 2.45) is 5.73 Å². The minimum Gasteiger partial charge on any atom is -0.401 e. The number of esters is 2. The van der Waals surface area contributed by atoms with Crippen molar-refractivity contribution in [1.29, 1.82) is 0 Å². The molecule has 3 atom stereocenters. The number of hydrogen-bond donors (Lipinski definition) is 1. The Kier molecular flexibility index (Phi) is 23.0. The van der Waals surface area contributed by atoms with Crippen molar-refractivity contribution in [3.05, 3.63) is 0 Å². The van der Waals surface area contributed by atoms with E-state index in [1.54, 1.807) is 55.4 Å². The van der Waals surface area contributed by atoms with E-state index in [0.717, 1.165) is 0 Å². The summed E-state index contributed by atoms with van der Waals surface area (Å²) in [5, 5.41) is 0. The maximum atomic E-state index is 13.5. The van der Waals surface area contributed by atoms with E-state index in [2.05, 4.69) is 0 Å². The average molecular weight is 672 g/mol. The summed E-state index contributed by atoms with van der Waals surface area (Å²) in [6.07, 6.45) is 0.530. The highest BCUT2D eigenvalue weighted by Gasteiger charge is 2.64. The molecule has 0 spiro atoms. The number of ether oxygens (including phenoxy) is 12. The molecule has 0 aromatic carbocycles. The van der Waals surface area contributed by atoms with Gasteiger partial charge in [0.2, 0.25) is 0 Å². The van der Waals surface area contributed by atoms with E-state index in [1.165, 1.54) is 0 Å². The van der Waals surface area contributed by atoms with Crippen molar-refractivity contribution in [3.8, 4) is 0 Å². The third-order valence-electron chi connectivity index (χ3n) is 5.86. The number of hydrogen-bond acceptors (Lipinski definition) is 15. The van der Waals surface area contributed by atoms with Gasteiger partial charge in [0, 0.05) is 46.1 Å². The molecule has 0 aromatic heterocycles. The highest BCUT2D eigenvalue weighted by atomic mass is 17.0. The summed E-state index contributed by atoms with van der Waals surface area (Å²) in [6.45, 7) is 18.4. The highest BCUT2D eigenvalue weighted by molar-refractivity contribution is 5.77. The molecule has 0 aliphatic rings. The number of carbonyl (C=O) groups is 2. The maximum Gasteiger partial charge on any atom is 0.416 e. The van der Waals surface area contributed by atoms with E-state index in [9.17, 15) is 9.59 Å². The van der Waals surface area contributed by atoms with Crippen molar-refractivity contribution in [1.82, 2.24) is 0 Å². The minimum atomic E-state index is -2.28. The SMILES string of the molecule is CCCOC(OCC)(OC(=O)CCC(N)C(=O)OC(OCC)(OCCC)C(OCC)(OCC)OCC)C(OCC)(OCC)OCC. The van der Waals surface area contributed by atoms with Gasteiger partial charge in [0.05, 0.1) is 26.4 Å². The van der Waals surface area contributed by atoms with Gasteiger partial charge in [0.15, 0.2) is 0 Å². The van der Waals surface area contributed by atoms with Crippen LogP contribution in [0.4, 0.5) is 0 Å². The minimum absolute atomic E-state index is 0.0338. The summed E-state index contributed by atoms with van der Waals surface area (Å²) >= 11 is 0. The van der Waals surface area contributed by atoms with Crippen molar-refractivity contribution in [2.75, 3.05) is 66.1 Å². The topological polar surface area (TPSA) is 171 Å². The molecule has 15 heteroatoms. The second-order valence-electron chi connectivity index (χ2n) is 9.43. The Morgan fingerprint density at radius 1 is 0.478 bits per heavy atom. The van der Waals surface area contributed by atoms with Crippen LogP contribution in [-0.2, 0) is 66.4 Å². The van der Waals surface area contributed by atoms with Gasteiger partial charge in [0.25, 0.3) is 0 Å². The third-order valence-corrected chi connectivity index (χ3v) is 5.86. The Hall–Kier alpha value is -1.50. The lowest BCUT2D eigenvalue weighted by Gasteiger charge is -2.45. The molecule has 0 amide bonds. The van der Waals surface area contributed by atoms with Gasteiger partial charge < -0.3 is 62.6 Å². The fraction of sp³-hybridized carbons (Fsp3) is 0.935. The Labute approximate surface area is 275 Å². The summed E-state index contributed by atoms with van der Waals surface area (Å²) in [5.41, 5.74) is 6.24. The lowest BCUT2D eigenvalue weighted by Crippen LogP contribution is -2.65. The first kappa shape index (κ1) is 44.5. The first-order valence-electron chi connectivity index (χ1n) is 16.6. The first-order chi connectivity index (χ1) is 22.0. The molecular weight excluding hydrogens is 610 g/mol. The van der Waals surface area contributed by atoms with Gasteiger partial charge in [0.1, 0.15) is 6.04 Å². The average Bonchev–Trinajstić information content (AvgIpc) is 3.02. The van der Waals surface area contributed by atoms with Crippen LogP contribution in [0.15, 0.2) is 0 Å². The van der Waals surface area contributed by atoms with E-state index >= 15 is 0 Å².